The number of urea groups is 1. The number of rotatable bonds is 4. The van der Waals surface area contributed by atoms with Crippen LogP contribution in [0.1, 0.15) is 41.0 Å². The Morgan fingerprint density at radius 3 is 2.24 bits per heavy atom. The van der Waals surface area contributed by atoms with Gasteiger partial charge in [0, 0.05) is 42.2 Å². The second-order valence-electron chi connectivity index (χ2n) is 9.87. The summed E-state index contributed by atoms with van der Waals surface area (Å²) in [6, 6.07) is 21.6. The summed E-state index contributed by atoms with van der Waals surface area (Å²) in [5, 5.41) is 22.1. The van der Waals surface area contributed by atoms with Crippen molar-refractivity contribution in [2.75, 3.05) is 31.6 Å². The molecule has 3 N–H and O–H groups in total. The maximum absolute atomic E-state index is 14.1. The molecule has 5 rings (SSSR count). The average Bonchev–Trinajstić information content (AvgIpc) is 2.93. The molecule has 2 saturated heterocycles. The highest BCUT2D eigenvalue weighted by Crippen LogP contribution is 2.42. The van der Waals surface area contributed by atoms with Crippen molar-refractivity contribution in [1.29, 1.82) is 0 Å². The monoisotopic (exact) mass is 513 g/mol. The lowest BCUT2D eigenvalue weighted by atomic mass is 9.74. The number of benzene rings is 3. The molecule has 7 heteroatoms. The average molecular weight is 514 g/mol. The van der Waals surface area contributed by atoms with Gasteiger partial charge in [0.25, 0.3) is 0 Å². The zero-order valence-corrected chi connectivity index (χ0v) is 21.2. The van der Waals surface area contributed by atoms with Gasteiger partial charge in [0.05, 0.1) is 18.9 Å². The van der Waals surface area contributed by atoms with Crippen molar-refractivity contribution in [1.82, 2.24) is 9.80 Å². The van der Waals surface area contributed by atoms with E-state index in [0.29, 0.717) is 13.1 Å². The number of anilines is 1. The van der Waals surface area contributed by atoms with Crippen LogP contribution in [0, 0.1) is 17.7 Å². The molecule has 0 bridgehead atoms. The molecule has 2 aliphatic heterocycles. The van der Waals surface area contributed by atoms with Gasteiger partial charge in [-0.3, -0.25) is 4.90 Å². The summed E-state index contributed by atoms with van der Waals surface area (Å²) in [6.07, 6.45) is 1.78. The van der Waals surface area contributed by atoms with Crippen LogP contribution < -0.4 is 5.32 Å². The Morgan fingerprint density at radius 1 is 0.921 bits per heavy atom. The minimum Gasteiger partial charge on any atom is -0.395 e. The van der Waals surface area contributed by atoms with E-state index in [0.717, 1.165) is 41.6 Å². The Labute approximate surface area is 222 Å². The van der Waals surface area contributed by atoms with E-state index in [9.17, 15) is 19.4 Å². The molecule has 0 unspecified atom stereocenters. The van der Waals surface area contributed by atoms with Crippen molar-refractivity contribution in [2.24, 2.45) is 0 Å². The van der Waals surface area contributed by atoms with Gasteiger partial charge in [0.1, 0.15) is 5.82 Å². The first-order valence-corrected chi connectivity index (χ1v) is 13.1. The van der Waals surface area contributed by atoms with E-state index in [1.807, 2.05) is 36.4 Å². The molecule has 3 aromatic carbocycles. The molecule has 0 aliphatic carbocycles. The van der Waals surface area contributed by atoms with Gasteiger partial charge in [-0.05, 0) is 66.9 Å². The maximum atomic E-state index is 14.1. The van der Waals surface area contributed by atoms with Gasteiger partial charge in [-0.2, -0.15) is 0 Å². The Morgan fingerprint density at radius 2 is 1.58 bits per heavy atom. The Bertz CT molecular complexity index is 1320. The fourth-order valence-electron chi connectivity index (χ4n) is 5.51. The van der Waals surface area contributed by atoms with Crippen LogP contribution in [0.5, 0.6) is 0 Å². The summed E-state index contributed by atoms with van der Waals surface area (Å²) >= 11 is 0. The predicted octanol–water partition coefficient (Wildman–Crippen LogP) is 4.17. The van der Waals surface area contributed by atoms with Crippen molar-refractivity contribution < 1.29 is 19.4 Å². The Hall–Kier alpha value is -3.70. The number of carbonyl (C=O) groups is 1. The van der Waals surface area contributed by atoms with Crippen LogP contribution >= 0.6 is 0 Å². The molecule has 3 atom stereocenters. The van der Waals surface area contributed by atoms with E-state index < -0.39 is 5.82 Å². The van der Waals surface area contributed by atoms with E-state index in [2.05, 4.69) is 34.2 Å². The van der Waals surface area contributed by atoms with E-state index in [1.165, 1.54) is 6.07 Å². The quantitative estimate of drug-likeness (QED) is 0.458. The molecule has 6 nitrogen and oxygen atoms in total. The molecule has 0 spiro atoms. The third-order valence-corrected chi connectivity index (χ3v) is 7.56. The lowest BCUT2D eigenvalue weighted by molar-refractivity contribution is -0.0585. The molecule has 2 fully saturated rings. The molecule has 0 aromatic heterocycles. The first-order chi connectivity index (χ1) is 18.6. The number of nitrogens with zero attached hydrogens (tertiary/aromatic N) is 2. The molecule has 0 radical (unpaired) electrons. The summed E-state index contributed by atoms with van der Waals surface area (Å²) in [6.45, 7) is 2.06. The first kappa shape index (κ1) is 25.9. The first-order valence-electron chi connectivity index (χ1n) is 13.1. The molecule has 2 amide bonds. The van der Waals surface area contributed by atoms with E-state index >= 15 is 0 Å². The lowest BCUT2D eigenvalue weighted by Gasteiger charge is -2.57. The number of aliphatic hydroxyl groups is 2. The summed E-state index contributed by atoms with van der Waals surface area (Å²) in [4.78, 5) is 17.1. The third kappa shape index (κ3) is 5.58. The molecule has 0 saturated carbocycles. The van der Waals surface area contributed by atoms with Crippen LogP contribution in [0.25, 0.3) is 0 Å². The molecule has 196 valence electrons. The number of carbonyl (C=O) groups excluding carboxylic acids is 1. The van der Waals surface area contributed by atoms with Gasteiger partial charge in [-0.1, -0.05) is 48.2 Å². The van der Waals surface area contributed by atoms with Gasteiger partial charge in [0.15, 0.2) is 0 Å². The molecular formula is C31H32FN3O3. The summed E-state index contributed by atoms with van der Waals surface area (Å²) in [5.74, 6) is 5.96. The highest BCUT2D eigenvalue weighted by Gasteiger charge is 2.49. The molecule has 2 aliphatic rings. The van der Waals surface area contributed by atoms with Gasteiger partial charge in [-0.25, -0.2) is 9.18 Å². The molecule has 3 aromatic rings. The number of amides is 2. The second kappa shape index (κ2) is 11.8. The summed E-state index contributed by atoms with van der Waals surface area (Å²) in [7, 11) is 0. The second-order valence-corrected chi connectivity index (χ2v) is 9.87. The molecule has 2 heterocycles. The standard InChI is InChI=1S/C31H32FN3O3/c32-26-5-1-2-6-27(26)33-31(38)34-17-3-4-18-35-28(19-34)30(29(35)21-37)25-15-13-23(14-16-25)8-7-22-9-11-24(20-36)12-10-22/h1-2,5-6,9-16,28-30,36-37H,3-4,17-21H2,(H,33,38)/t28-,29-,30+/m1/s1. The third-order valence-electron chi connectivity index (χ3n) is 7.56. The van der Waals surface area contributed by atoms with Crippen LogP contribution in [0.15, 0.2) is 72.8 Å². The number of para-hydroxylation sites is 1. The Balaban J connectivity index is 1.31. The van der Waals surface area contributed by atoms with E-state index in [1.54, 1.807) is 23.1 Å². The summed E-state index contributed by atoms with van der Waals surface area (Å²) in [5.41, 5.74) is 3.91. The van der Waals surface area contributed by atoms with E-state index in [4.69, 9.17) is 0 Å². The number of hydrogen-bond acceptors (Lipinski definition) is 4. The van der Waals surface area contributed by atoms with Gasteiger partial charge >= 0.3 is 6.03 Å². The van der Waals surface area contributed by atoms with Crippen LogP contribution in [0.2, 0.25) is 0 Å². The number of hydrogen-bond donors (Lipinski definition) is 3. The molecular weight excluding hydrogens is 481 g/mol. The van der Waals surface area contributed by atoms with Crippen LogP contribution in [-0.2, 0) is 6.61 Å². The van der Waals surface area contributed by atoms with Crippen molar-refractivity contribution in [2.45, 2.75) is 37.5 Å². The largest absolute Gasteiger partial charge is 0.395 e. The minimum absolute atomic E-state index is 0.00319. The topological polar surface area (TPSA) is 76.0 Å². The van der Waals surface area contributed by atoms with Crippen molar-refractivity contribution >= 4 is 11.7 Å². The zero-order valence-electron chi connectivity index (χ0n) is 21.2. The fraction of sp³-hybridized carbons (Fsp3) is 0.323. The number of nitrogens with one attached hydrogen (secondary N) is 1. The molecule has 38 heavy (non-hydrogen) atoms. The summed E-state index contributed by atoms with van der Waals surface area (Å²) < 4.78 is 14.1. The van der Waals surface area contributed by atoms with Gasteiger partial charge in [-0.15, -0.1) is 0 Å². The van der Waals surface area contributed by atoms with Crippen LogP contribution in [-0.4, -0.2) is 64.4 Å². The van der Waals surface area contributed by atoms with Crippen molar-refractivity contribution in [3.63, 3.8) is 0 Å². The normalized spacial score (nSPS) is 21.2. The van der Waals surface area contributed by atoms with Crippen LogP contribution in [0.4, 0.5) is 14.9 Å². The van der Waals surface area contributed by atoms with Gasteiger partial charge in [0.2, 0.25) is 0 Å². The van der Waals surface area contributed by atoms with E-state index in [-0.39, 0.29) is 42.9 Å². The maximum Gasteiger partial charge on any atom is 0.321 e. The van der Waals surface area contributed by atoms with Gasteiger partial charge < -0.3 is 20.4 Å². The minimum atomic E-state index is -0.457. The predicted molar refractivity (Wildman–Crippen MR) is 145 cm³/mol. The number of fused-ring (bicyclic) bond motifs is 1. The van der Waals surface area contributed by atoms with Crippen molar-refractivity contribution in [3.05, 3.63) is 101 Å². The number of halogens is 1. The number of aliphatic hydroxyl groups excluding tert-OH is 2. The fourth-order valence-corrected chi connectivity index (χ4v) is 5.51. The SMILES string of the molecule is O=C(Nc1ccccc1F)N1CCCCN2[C@H](CO)[C@@H](c3ccc(C#Cc4ccc(CO)cc4)cc3)[C@H]2C1. The van der Waals surface area contributed by atoms with Crippen LogP contribution in [0.3, 0.4) is 0 Å². The van der Waals surface area contributed by atoms with Crippen molar-refractivity contribution in [3.8, 4) is 11.8 Å². The smallest absolute Gasteiger partial charge is 0.321 e. The highest BCUT2D eigenvalue weighted by molar-refractivity contribution is 5.89. The Kier molecular flexibility index (Phi) is 8.04. The lowest BCUT2D eigenvalue weighted by Crippen LogP contribution is -2.68. The highest BCUT2D eigenvalue weighted by atomic mass is 19.1. The zero-order chi connectivity index (χ0) is 26.5.